The number of benzene rings is 1. The summed E-state index contributed by atoms with van der Waals surface area (Å²) >= 11 is 0. The van der Waals surface area contributed by atoms with Crippen LogP contribution in [0.3, 0.4) is 0 Å². The number of hydrogen-bond donors (Lipinski definition) is 0. The van der Waals surface area contributed by atoms with Gasteiger partial charge in [-0.15, -0.1) is 10.2 Å². The molecule has 1 aliphatic carbocycles. The maximum Gasteiger partial charge on any atom is 0.267 e. The van der Waals surface area contributed by atoms with Gasteiger partial charge in [0, 0.05) is 23.5 Å². The summed E-state index contributed by atoms with van der Waals surface area (Å²) in [6, 6.07) is 8.66. The molecule has 0 radical (unpaired) electrons. The van der Waals surface area contributed by atoms with Crippen LogP contribution in [0, 0.1) is 12.7 Å². The zero-order valence-corrected chi connectivity index (χ0v) is 21.0. The number of methoxy groups -OCH3 is 1. The summed E-state index contributed by atoms with van der Waals surface area (Å²) in [6.45, 7) is 5.91. The minimum absolute atomic E-state index is 0.107. The van der Waals surface area contributed by atoms with Crippen molar-refractivity contribution in [2.24, 2.45) is 0 Å². The molecule has 0 amide bonds. The number of halogens is 1. The molecular weight excluding hydrogens is 473 g/mol. The Labute approximate surface area is 212 Å². The van der Waals surface area contributed by atoms with Crippen molar-refractivity contribution in [2.75, 3.05) is 7.11 Å². The molecule has 1 aliphatic rings. The van der Waals surface area contributed by atoms with Gasteiger partial charge in [-0.1, -0.05) is 6.07 Å². The van der Waals surface area contributed by atoms with E-state index < -0.39 is 11.4 Å². The van der Waals surface area contributed by atoms with E-state index in [4.69, 9.17) is 4.74 Å². The van der Waals surface area contributed by atoms with Crippen molar-refractivity contribution >= 4 is 10.8 Å². The highest BCUT2D eigenvalue weighted by Crippen LogP contribution is 2.39. The average molecular weight is 500 g/mol. The molecule has 4 aromatic heterocycles. The van der Waals surface area contributed by atoms with E-state index in [0.29, 0.717) is 17.4 Å². The zero-order chi connectivity index (χ0) is 25.8. The lowest BCUT2D eigenvalue weighted by Crippen LogP contribution is -2.23. The van der Waals surface area contributed by atoms with Crippen LogP contribution in [-0.4, -0.2) is 41.0 Å². The molecule has 6 rings (SSSR count). The molecule has 1 aromatic carbocycles. The summed E-state index contributed by atoms with van der Waals surface area (Å²) in [5.41, 5.74) is 2.69. The van der Waals surface area contributed by atoms with Crippen LogP contribution in [0.5, 0.6) is 5.88 Å². The highest BCUT2D eigenvalue weighted by molar-refractivity contribution is 5.87. The van der Waals surface area contributed by atoms with E-state index in [0.717, 1.165) is 29.8 Å². The van der Waals surface area contributed by atoms with Crippen LogP contribution < -0.4 is 10.3 Å². The van der Waals surface area contributed by atoms with Crippen LogP contribution in [0.15, 0.2) is 54.0 Å². The second-order valence-electron chi connectivity index (χ2n) is 9.66. The van der Waals surface area contributed by atoms with E-state index in [1.807, 2.05) is 36.1 Å². The third-order valence-electron chi connectivity index (χ3n) is 6.79. The van der Waals surface area contributed by atoms with Gasteiger partial charge in [-0.25, -0.2) is 18.9 Å². The Hall–Kier alpha value is -4.34. The fourth-order valence-electron chi connectivity index (χ4n) is 4.68. The van der Waals surface area contributed by atoms with Crippen LogP contribution in [0.4, 0.5) is 4.39 Å². The molecule has 0 saturated heterocycles. The lowest BCUT2D eigenvalue weighted by Gasteiger charge is -2.16. The molecule has 0 N–H and O–H groups in total. The number of hydrogen-bond acceptors (Lipinski definition) is 6. The van der Waals surface area contributed by atoms with Crippen molar-refractivity contribution in [2.45, 2.75) is 45.6 Å². The van der Waals surface area contributed by atoms with Crippen molar-refractivity contribution in [3.8, 4) is 28.9 Å². The van der Waals surface area contributed by atoms with Crippen LogP contribution in [0.1, 0.15) is 49.9 Å². The van der Waals surface area contributed by atoms with Gasteiger partial charge in [-0.05, 0) is 63.4 Å². The average Bonchev–Trinajstić information content (AvgIpc) is 3.41. The molecule has 0 atom stereocenters. The first kappa shape index (κ1) is 23.1. The smallest absolute Gasteiger partial charge is 0.267 e. The third kappa shape index (κ3) is 3.80. The Bertz CT molecular complexity index is 1710. The van der Waals surface area contributed by atoms with Gasteiger partial charge < -0.3 is 13.9 Å². The van der Waals surface area contributed by atoms with Crippen LogP contribution in [0.25, 0.3) is 33.8 Å². The molecule has 9 nitrogen and oxygen atoms in total. The summed E-state index contributed by atoms with van der Waals surface area (Å²) < 4.78 is 26.2. The Morgan fingerprint density at radius 3 is 2.68 bits per heavy atom. The lowest BCUT2D eigenvalue weighted by atomic mass is 10.1. The maximum absolute atomic E-state index is 15.8. The number of rotatable bonds is 6. The fraction of sp³-hybridized carbons (Fsp3) is 0.296. The van der Waals surface area contributed by atoms with E-state index in [1.165, 1.54) is 11.7 Å². The number of aromatic nitrogens is 7. The minimum atomic E-state index is -0.631. The molecule has 0 unspecified atom stereocenters. The van der Waals surface area contributed by atoms with E-state index >= 15 is 4.39 Å². The van der Waals surface area contributed by atoms with Crippen molar-refractivity contribution in [3.63, 3.8) is 0 Å². The number of fused-ring (bicyclic) bond motifs is 1. The van der Waals surface area contributed by atoms with Gasteiger partial charge in [0.1, 0.15) is 17.8 Å². The topological polar surface area (TPSA) is 92.7 Å². The Kier molecular flexibility index (Phi) is 5.40. The van der Waals surface area contributed by atoms with Gasteiger partial charge in [0.15, 0.2) is 11.6 Å². The molecular formula is C27H26FN7O2. The van der Waals surface area contributed by atoms with Crippen LogP contribution in [-0.2, 0) is 0 Å². The van der Waals surface area contributed by atoms with Crippen molar-refractivity contribution in [3.05, 3.63) is 76.6 Å². The molecule has 0 aliphatic heterocycles. The normalized spacial score (nSPS) is 13.6. The Morgan fingerprint density at radius 2 is 1.95 bits per heavy atom. The number of aryl methyl sites for hydroxylation is 1. The molecule has 0 spiro atoms. The molecule has 37 heavy (non-hydrogen) atoms. The maximum atomic E-state index is 15.8. The summed E-state index contributed by atoms with van der Waals surface area (Å²) in [6.07, 6.45) is 7.65. The predicted molar refractivity (Wildman–Crippen MR) is 137 cm³/mol. The van der Waals surface area contributed by atoms with Crippen LogP contribution >= 0.6 is 0 Å². The lowest BCUT2D eigenvalue weighted by molar-refractivity contribution is 0.358. The quantitative estimate of drug-likeness (QED) is 0.335. The summed E-state index contributed by atoms with van der Waals surface area (Å²) in [4.78, 5) is 23.0. The monoisotopic (exact) mass is 499 g/mol. The first-order valence-corrected chi connectivity index (χ1v) is 12.2. The van der Waals surface area contributed by atoms with Gasteiger partial charge in [0.05, 0.1) is 30.2 Å². The van der Waals surface area contributed by atoms with Crippen LogP contribution in [0.2, 0.25) is 0 Å². The van der Waals surface area contributed by atoms with E-state index in [1.54, 1.807) is 43.0 Å². The highest BCUT2D eigenvalue weighted by Gasteiger charge is 2.26. The molecule has 1 fully saturated rings. The minimum Gasteiger partial charge on any atom is -0.480 e. The number of nitrogens with zero attached hydrogens (tertiary/aromatic N) is 7. The molecule has 188 valence electrons. The van der Waals surface area contributed by atoms with Gasteiger partial charge >= 0.3 is 0 Å². The predicted octanol–water partition coefficient (Wildman–Crippen LogP) is 4.74. The third-order valence-corrected chi connectivity index (χ3v) is 6.79. The molecule has 0 bridgehead atoms. The molecule has 4 heterocycles. The molecule has 1 saturated carbocycles. The number of pyridine rings is 2. The van der Waals surface area contributed by atoms with E-state index in [9.17, 15) is 4.79 Å². The van der Waals surface area contributed by atoms with Crippen molar-refractivity contribution in [1.29, 1.82) is 0 Å². The summed E-state index contributed by atoms with van der Waals surface area (Å²) in [7, 11) is 1.34. The number of ether oxygens (including phenoxy) is 1. The van der Waals surface area contributed by atoms with Gasteiger partial charge in [-0.3, -0.25) is 4.79 Å². The van der Waals surface area contributed by atoms with E-state index in [2.05, 4.69) is 20.2 Å². The number of imidazole rings is 1. The van der Waals surface area contributed by atoms with Gasteiger partial charge in [-0.2, -0.15) is 0 Å². The fourth-order valence-corrected chi connectivity index (χ4v) is 4.68. The Morgan fingerprint density at radius 1 is 1.14 bits per heavy atom. The summed E-state index contributed by atoms with van der Waals surface area (Å²) in [5.74, 6) is 0.432. The molecule has 5 aromatic rings. The second-order valence-corrected chi connectivity index (χ2v) is 9.66. The van der Waals surface area contributed by atoms with Gasteiger partial charge in [0.25, 0.3) is 5.56 Å². The van der Waals surface area contributed by atoms with Crippen molar-refractivity contribution in [1.82, 2.24) is 33.9 Å². The first-order chi connectivity index (χ1) is 17.9. The second kappa shape index (κ2) is 8.65. The highest BCUT2D eigenvalue weighted by atomic mass is 19.1. The summed E-state index contributed by atoms with van der Waals surface area (Å²) in [5, 5.41) is 8.61. The van der Waals surface area contributed by atoms with E-state index in [-0.39, 0.29) is 28.5 Å². The standard InChI is InChI=1S/C27H26FN7O2/c1-15(2)34-14-30-32-25(34)20-6-5-7-23(31-20)35-26(36)19-11-22(33-12-21(29-13-33)17-8-9-17)16(3)10-18(19)24(28)27(35)37-4/h5-7,10-15,17H,8-9H2,1-4H3. The van der Waals surface area contributed by atoms with Gasteiger partial charge in [0.2, 0.25) is 5.88 Å². The Balaban J connectivity index is 1.55. The first-order valence-electron chi connectivity index (χ1n) is 12.2. The van der Waals surface area contributed by atoms with Crippen molar-refractivity contribution < 1.29 is 9.13 Å². The molecule has 10 heteroatoms. The largest absolute Gasteiger partial charge is 0.480 e. The SMILES string of the molecule is COc1c(F)c2cc(C)c(-n3cnc(C4CC4)c3)cc2c(=O)n1-c1cccc(-c2nncn2C(C)C)n1. The zero-order valence-electron chi connectivity index (χ0n) is 21.0.